The second kappa shape index (κ2) is 7.10. The Morgan fingerprint density at radius 3 is 2.67 bits per heavy atom. The van der Waals surface area contributed by atoms with Gasteiger partial charge in [0.25, 0.3) is 0 Å². The molecule has 0 radical (unpaired) electrons. The normalized spacial score (nSPS) is 11.9. The van der Waals surface area contributed by atoms with Crippen molar-refractivity contribution in [3.8, 4) is 0 Å². The van der Waals surface area contributed by atoms with E-state index < -0.39 is 0 Å². The Kier molecular flexibility index (Phi) is 5.77. The number of nitrogens with zero attached hydrogens (tertiary/aromatic N) is 1. The first kappa shape index (κ1) is 14.6. The van der Waals surface area contributed by atoms with Crippen LogP contribution in [0.5, 0.6) is 0 Å². The van der Waals surface area contributed by atoms with Gasteiger partial charge in [-0.2, -0.15) is 11.8 Å². The number of hydrogen-bond donors (Lipinski definition) is 2. The van der Waals surface area contributed by atoms with E-state index in [-0.39, 0.29) is 16.7 Å². The third kappa shape index (κ3) is 3.80. The lowest BCUT2D eigenvalue weighted by Gasteiger charge is -2.15. The van der Waals surface area contributed by atoms with Gasteiger partial charge in [-0.05, 0) is 32.2 Å². The smallest absolute Gasteiger partial charge is 0.315 e. The van der Waals surface area contributed by atoms with Gasteiger partial charge in [0, 0.05) is 18.3 Å². The van der Waals surface area contributed by atoms with E-state index in [1.54, 1.807) is 23.9 Å². The van der Waals surface area contributed by atoms with E-state index in [1.807, 2.05) is 26.2 Å². The zero-order valence-corrected chi connectivity index (χ0v) is 11.7. The second-order valence-electron chi connectivity index (χ2n) is 3.99. The predicted octanol–water partition coefficient (Wildman–Crippen LogP) is 3.19. The van der Waals surface area contributed by atoms with Gasteiger partial charge in [0.15, 0.2) is 0 Å². The molecular weight excluding hydrogens is 250 g/mol. The summed E-state index contributed by atoms with van der Waals surface area (Å²) in [4.78, 5) is 10.8. The summed E-state index contributed by atoms with van der Waals surface area (Å²) in [5, 5.41) is 17.4. The highest BCUT2D eigenvalue weighted by Gasteiger charge is 2.20. The summed E-state index contributed by atoms with van der Waals surface area (Å²) in [7, 11) is 0. The Bertz CT molecular complexity index is 412. The lowest BCUT2D eigenvalue weighted by Crippen LogP contribution is -2.18. The van der Waals surface area contributed by atoms with E-state index in [2.05, 4.69) is 10.6 Å². The number of rotatable bonds is 7. The third-order valence-corrected chi connectivity index (χ3v) is 3.24. The Balaban J connectivity index is 3.02. The molecule has 1 aromatic carbocycles. The molecule has 0 fully saturated rings. The van der Waals surface area contributed by atoms with Gasteiger partial charge in [0.2, 0.25) is 0 Å². The second-order valence-corrected chi connectivity index (χ2v) is 4.90. The monoisotopic (exact) mass is 269 g/mol. The molecule has 5 nitrogen and oxygen atoms in total. The van der Waals surface area contributed by atoms with Crippen molar-refractivity contribution in [1.82, 2.24) is 0 Å². The molecule has 1 aromatic rings. The van der Waals surface area contributed by atoms with Crippen molar-refractivity contribution in [1.29, 1.82) is 0 Å². The van der Waals surface area contributed by atoms with Crippen molar-refractivity contribution in [2.45, 2.75) is 19.9 Å². The van der Waals surface area contributed by atoms with Crippen LogP contribution in [0, 0.1) is 10.1 Å². The maximum atomic E-state index is 11.2. The minimum Gasteiger partial charge on any atom is -0.380 e. The molecule has 0 saturated heterocycles. The molecule has 1 rings (SSSR count). The molecule has 0 aliphatic carbocycles. The van der Waals surface area contributed by atoms with Crippen LogP contribution in [0.15, 0.2) is 18.2 Å². The number of anilines is 2. The van der Waals surface area contributed by atoms with Crippen LogP contribution >= 0.6 is 11.8 Å². The van der Waals surface area contributed by atoms with Crippen LogP contribution < -0.4 is 10.6 Å². The van der Waals surface area contributed by atoms with Gasteiger partial charge in [-0.3, -0.25) is 10.1 Å². The maximum Gasteiger partial charge on any atom is 0.315 e. The Morgan fingerprint density at radius 2 is 2.11 bits per heavy atom. The van der Waals surface area contributed by atoms with Crippen LogP contribution in [0.3, 0.4) is 0 Å². The SMILES string of the molecule is CCNc1cccc(NC(C)CSC)c1[N+](=O)[O-]. The van der Waals surface area contributed by atoms with Crippen molar-refractivity contribution < 1.29 is 4.92 Å². The molecule has 0 aliphatic heterocycles. The average molecular weight is 269 g/mol. The zero-order chi connectivity index (χ0) is 13.5. The van der Waals surface area contributed by atoms with E-state index in [0.717, 1.165) is 5.75 Å². The molecule has 2 N–H and O–H groups in total. The van der Waals surface area contributed by atoms with E-state index >= 15 is 0 Å². The molecule has 18 heavy (non-hydrogen) atoms. The maximum absolute atomic E-state index is 11.2. The van der Waals surface area contributed by atoms with Crippen molar-refractivity contribution in [2.75, 3.05) is 29.2 Å². The highest BCUT2D eigenvalue weighted by Crippen LogP contribution is 2.33. The zero-order valence-electron chi connectivity index (χ0n) is 10.9. The van der Waals surface area contributed by atoms with Crippen LogP contribution in [0.1, 0.15) is 13.8 Å². The average Bonchev–Trinajstić information content (AvgIpc) is 2.29. The Hall–Kier alpha value is -1.43. The van der Waals surface area contributed by atoms with E-state index in [1.165, 1.54) is 0 Å². The van der Waals surface area contributed by atoms with Crippen molar-refractivity contribution in [3.63, 3.8) is 0 Å². The van der Waals surface area contributed by atoms with Crippen molar-refractivity contribution >= 4 is 28.8 Å². The molecule has 0 spiro atoms. The highest BCUT2D eigenvalue weighted by atomic mass is 32.2. The van der Waals surface area contributed by atoms with Gasteiger partial charge in [-0.1, -0.05) is 6.07 Å². The first-order valence-electron chi connectivity index (χ1n) is 5.86. The highest BCUT2D eigenvalue weighted by molar-refractivity contribution is 7.98. The number of nitro groups is 1. The molecular formula is C12H19N3O2S. The van der Waals surface area contributed by atoms with Gasteiger partial charge >= 0.3 is 5.69 Å². The molecule has 0 aromatic heterocycles. The quantitative estimate of drug-likeness (QED) is 0.588. The Morgan fingerprint density at radius 1 is 1.44 bits per heavy atom. The molecule has 100 valence electrons. The predicted molar refractivity (Wildman–Crippen MR) is 78.7 cm³/mol. The number of nitro benzene ring substituents is 1. The lowest BCUT2D eigenvalue weighted by atomic mass is 10.2. The van der Waals surface area contributed by atoms with Gasteiger partial charge in [-0.15, -0.1) is 0 Å². The fourth-order valence-electron chi connectivity index (χ4n) is 1.75. The first-order chi connectivity index (χ1) is 8.60. The van der Waals surface area contributed by atoms with Crippen LogP contribution in [0.25, 0.3) is 0 Å². The minimum atomic E-state index is -0.341. The van der Waals surface area contributed by atoms with Gasteiger partial charge in [-0.25, -0.2) is 0 Å². The molecule has 1 atom stereocenters. The summed E-state index contributed by atoms with van der Waals surface area (Å²) >= 11 is 1.71. The minimum absolute atomic E-state index is 0.118. The topological polar surface area (TPSA) is 67.2 Å². The largest absolute Gasteiger partial charge is 0.380 e. The summed E-state index contributed by atoms with van der Waals surface area (Å²) in [6.07, 6.45) is 2.02. The summed E-state index contributed by atoms with van der Waals surface area (Å²) < 4.78 is 0. The van der Waals surface area contributed by atoms with Crippen LogP contribution in [0.4, 0.5) is 17.1 Å². The van der Waals surface area contributed by atoms with Crippen molar-refractivity contribution in [2.24, 2.45) is 0 Å². The standard InChI is InChI=1S/C12H19N3O2S/c1-4-13-10-6-5-7-11(12(10)15(16)17)14-9(2)8-18-3/h5-7,9,13-14H,4,8H2,1-3H3. The third-order valence-electron chi connectivity index (χ3n) is 2.40. The molecule has 0 bridgehead atoms. The molecule has 0 aliphatic rings. The first-order valence-corrected chi connectivity index (χ1v) is 7.26. The van der Waals surface area contributed by atoms with E-state index in [9.17, 15) is 10.1 Å². The van der Waals surface area contributed by atoms with Gasteiger partial charge in [0.1, 0.15) is 11.4 Å². The van der Waals surface area contributed by atoms with Crippen LogP contribution in [0.2, 0.25) is 0 Å². The molecule has 0 heterocycles. The van der Waals surface area contributed by atoms with Gasteiger partial charge < -0.3 is 10.6 Å². The van der Waals surface area contributed by atoms with Crippen LogP contribution in [-0.2, 0) is 0 Å². The number of nitrogens with one attached hydrogen (secondary N) is 2. The van der Waals surface area contributed by atoms with E-state index in [0.29, 0.717) is 17.9 Å². The molecule has 6 heteroatoms. The fraction of sp³-hybridized carbons (Fsp3) is 0.500. The summed E-state index contributed by atoms with van der Waals surface area (Å²) in [5.74, 6) is 0.905. The number of thioether (sulfide) groups is 1. The molecule has 0 saturated carbocycles. The summed E-state index contributed by atoms with van der Waals surface area (Å²) in [5.41, 5.74) is 1.25. The fourth-order valence-corrected chi connectivity index (χ4v) is 2.33. The number of para-hydroxylation sites is 1. The van der Waals surface area contributed by atoms with E-state index in [4.69, 9.17) is 0 Å². The number of hydrogen-bond acceptors (Lipinski definition) is 5. The van der Waals surface area contributed by atoms with Gasteiger partial charge in [0.05, 0.1) is 4.92 Å². The van der Waals surface area contributed by atoms with Crippen LogP contribution in [-0.4, -0.2) is 29.5 Å². The number of benzene rings is 1. The summed E-state index contributed by atoms with van der Waals surface area (Å²) in [6.45, 7) is 4.59. The summed E-state index contributed by atoms with van der Waals surface area (Å²) in [6, 6.07) is 5.48. The lowest BCUT2D eigenvalue weighted by molar-refractivity contribution is -0.383. The molecule has 1 unspecified atom stereocenters. The molecule has 0 amide bonds. The van der Waals surface area contributed by atoms with Crippen molar-refractivity contribution in [3.05, 3.63) is 28.3 Å². The Labute approximate surface area is 111 Å².